The summed E-state index contributed by atoms with van der Waals surface area (Å²) in [5, 5.41) is 0. The number of amides is 2. The molecule has 1 fully saturated rings. The summed E-state index contributed by atoms with van der Waals surface area (Å²) in [7, 11) is 0. The summed E-state index contributed by atoms with van der Waals surface area (Å²) in [6.45, 7) is 3.91. The normalized spacial score (nSPS) is 18.2. The first-order valence-corrected chi connectivity index (χ1v) is 6.93. The Balaban J connectivity index is 2.05. The minimum atomic E-state index is -0.559. The van der Waals surface area contributed by atoms with Gasteiger partial charge in [-0.1, -0.05) is 26.0 Å². The van der Waals surface area contributed by atoms with Gasteiger partial charge in [0.15, 0.2) is 0 Å². The number of H-pyrrole nitrogens is 1. The number of hydrogen-bond acceptors (Lipinski definition) is 3. The van der Waals surface area contributed by atoms with Crippen LogP contribution in [0, 0.1) is 5.41 Å². The number of hydrogen-bond donors (Lipinski definition) is 1. The lowest BCUT2D eigenvalue weighted by atomic mass is 9.81. The third-order valence-electron chi connectivity index (χ3n) is 4.34. The van der Waals surface area contributed by atoms with E-state index in [0.717, 1.165) is 11.0 Å². The Bertz CT molecular complexity index is 652. The number of imide groups is 1. The molecule has 1 aliphatic heterocycles. The Morgan fingerprint density at radius 1 is 1.25 bits per heavy atom. The van der Waals surface area contributed by atoms with Gasteiger partial charge in [-0.25, -0.2) is 9.88 Å². The lowest BCUT2D eigenvalue weighted by molar-refractivity contribution is -0.126. The molecule has 3 rings (SSSR count). The van der Waals surface area contributed by atoms with E-state index < -0.39 is 5.41 Å². The Morgan fingerprint density at radius 2 is 1.95 bits per heavy atom. The molecular weight excluding hydrogens is 254 g/mol. The van der Waals surface area contributed by atoms with E-state index >= 15 is 0 Å². The predicted octanol–water partition coefficient (Wildman–Crippen LogP) is 2.63. The maximum Gasteiger partial charge on any atom is 0.242 e. The fourth-order valence-electron chi connectivity index (χ4n) is 2.86. The number of rotatable bonds is 3. The number of aromatic amines is 1. The molecule has 0 spiro atoms. The molecule has 104 valence electrons. The van der Waals surface area contributed by atoms with Crippen molar-refractivity contribution in [1.82, 2.24) is 9.97 Å². The monoisotopic (exact) mass is 271 g/mol. The summed E-state index contributed by atoms with van der Waals surface area (Å²) < 4.78 is 0. The first-order valence-electron chi connectivity index (χ1n) is 6.93. The van der Waals surface area contributed by atoms with Gasteiger partial charge in [-0.05, 0) is 25.0 Å². The molecule has 0 saturated carbocycles. The van der Waals surface area contributed by atoms with Gasteiger partial charge in [-0.2, -0.15) is 0 Å². The number of benzene rings is 1. The molecule has 20 heavy (non-hydrogen) atoms. The highest BCUT2D eigenvalue weighted by atomic mass is 16.2. The minimum absolute atomic E-state index is 0.133. The third-order valence-corrected chi connectivity index (χ3v) is 4.34. The van der Waals surface area contributed by atoms with Crippen molar-refractivity contribution < 1.29 is 9.59 Å². The number of anilines is 1. The summed E-state index contributed by atoms with van der Waals surface area (Å²) in [6, 6.07) is 7.50. The molecule has 2 heterocycles. The second kappa shape index (κ2) is 4.44. The van der Waals surface area contributed by atoms with Crippen molar-refractivity contribution in [3.05, 3.63) is 24.3 Å². The van der Waals surface area contributed by atoms with Gasteiger partial charge in [0, 0.05) is 6.42 Å². The van der Waals surface area contributed by atoms with Crippen LogP contribution in [0.1, 0.15) is 33.1 Å². The van der Waals surface area contributed by atoms with Crippen LogP contribution in [0.5, 0.6) is 0 Å². The maximum atomic E-state index is 12.6. The summed E-state index contributed by atoms with van der Waals surface area (Å²) in [5.41, 5.74) is 1.03. The fourth-order valence-corrected chi connectivity index (χ4v) is 2.86. The van der Waals surface area contributed by atoms with E-state index in [0.29, 0.717) is 18.8 Å². The molecule has 2 aromatic rings. The lowest BCUT2D eigenvalue weighted by Gasteiger charge is -2.22. The molecule has 1 aromatic heterocycles. The van der Waals surface area contributed by atoms with Crippen LogP contribution >= 0.6 is 0 Å². The highest BCUT2D eigenvalue weighted by Crippen LogP contribution is 2.40. The van der Waals surface area contributed by atoms with E-state index in [2.05, 4.69) is 9.97 Å². The lowest BCUT2D eigenvalue weighted by Crippen LogP contribution is -2.35. The summed E-state index contributed by atoms with van der Waals surface area (Å²) in [6.07, 6.45) is 1.62. The number of imidazole rings is 1. The number of nitrogens with one attached hydrogen (secondary N) is 1. The molecule has 0 unspecified atom stereocenters. The zero-order chi connectivity index (χ0) is 14.3. The molecule has 0 aliphatic carbocycles. The standard InChI is InChI=1S/C15H17N3O2/c1-3-15(4-2)9-12(19)18(13(15)20)14-16-10-7-5-6-8-11(10)17-14/h5-8H,3-4,9H2,1-2H3,(H,16,17). The van der Waals surface area contributed by atoms with Crippen LogP contribution in [0.4, 0.5) is 5.95 Å². The molecule has 1 saturated heterocycles. The van der Waals surface area contributed by atoms with Gasteiger partial charge in [0.25, 0.3) is 0 Å². The summed E-state index contributed by atoms with van der Waals surface area (Å²) >= 11 is 0. The van der Waals surface area contributed by atoms with Crippen molar-refractivity contribution in [2.45, 2.75) is 33.1 Å². The van der Waals surface area contributed by atoms with E-state index in [9.17, 15) is 9.59 Å². The number of fused-ring (bicyclic) bond motifs is 1. The molecule has 0 atom stereocenters. The molecule has 5 heteroatoms. The summed E-state index contributed by atoms with van der Waals surface area (Å²) in [4.78, 5) is 33.5. The number of carbonyl (C=O) groups is 2. The average molecular weight is 271 g/mol. The molecule has 0 radical (unpaired) electrons. The molecular formula is C15H17N3O2. The number of para-hydroxylation sites is 2. The van der Waals surface area contributed by atoms with Crippen LogP contribution in [0.15, 0.2) is 24.3 Å². The number of nitrogens with zero attached hydrogens (tertiary/aromatic N) is 2. The molecule has 2 amide bonds. The van der Waals surface area contributed by atoms with E-state index in [1.165, 1.54) is 4.90 Å². The van der Waals surface area contributed by atoms with Crippen molar-refractivity contribution in [2.75, 3.05) is 4.90 Å². The predicted molar refractivity (Wildman–Crippen MR) is 76.2 cm³/mol. The fraction of sp³-hybridized carbons (Fsp3) is 0.400. The van der Waals surface area contributed by atoms with E-state index in [1.54, 1.807) is 0 Å². The second-order valence-electron chi connectivity index (χ2n) is 5.28. The largest absolute Gasteiger partial charge is 0.323 e. The van der Waals surface area contributed by atoms with E-state index in [-0.39, 0.29) is 18.2 Å². The molecule has 1 N–H and O–H groups in total. The van der Waals surface area contributed by atoms with Gasteiger partial charge in [0.1, 0.15) is 0 Å². The number of carbonyl (C=O) groups excluding carboxylic acids is 2. The topological polar surface area (TPSA) is 66.1 Å². The van der Waals surface area contributed by atoms with Crippen molar-refractivity contribution in [1.29, 1.82) is 0 Å². The van der Waals surface area contributed by atoms with Crippen molar-refractivity contribution in [3.8, 4) is 0 Å². The van der Waals surface area contributed by atoms with E-state index in [4.69, 9.17) is 0 Å². The smallest absolute Gasteiger partial charge is 0.242 e. The van der Waals surface area contributed by atoms with Gasteiger partial charge in [-0.15, -0.1) is 0 Å². The maximum absolute atomic E-state index is 12.6. The van der Waals surface area contributed by atoms with Crippen LogP contribution < -0.4 is 4.90 Å². The van der Waals surface area contributed by atoms with Gasteiger partial charge in [0.2, 0.25) is 17.8 Å². The molecule has 1 aromatic carbocycles. The Hall–Kier alpha value is -2.17. The molecule has 0 bridgehead atoms. The first kappa shape index (κ1) is 12.8. The SMILES string of the molecule is CCC1(CC)CC(=O)N(c2nc3ccccc3[nH]2)C1=O. The van der Waals surface area contributed by atoms with Crippen LogP contribution in [0.3, 0.4) is 0 Å². The average Bonchev–Trinajstić information content (AvgIpc) is 2.97. The zero-order valence-electron chi connectivity index (χ0n) is 11.6. The van der Waals surface area contributed by atoms with Crippen LogP contribution in [0.25, 0.3) is 11.0 Å². The Kier molecular flexibility index (Phi) is 2.85. The highest BCUT2D eigenvalue weighted by Gasteiger charge is 2.50. The first-order chi connectivity index (χ1) is 9.61. The minimum Gasteiger partial charge on any atom is -0.323 e. The van der Waals surface area contributed by atoms with E-state index in [1.807, 2.05) is 38.1 Å². The number of aromatic nitrogens is 2. The van der Waals surface area contributed by atoms with Gasteiger partial charge < -0.3 is 4.98 Å². The second-order valence-corrected chi connectivity index (χ2v) is 5.28. The molecule has 5 nitrogen and oxygen atoms in total. The van der Waals surface area contributed by atoms with Crippen LogP contribution in [0.2, 0.25) is 0 Å². The van der Waals surface area contributed by atoms with Gasteiger partial charge in [0.05, 0.1) is 16.4 Å². The Labute approximate surface area is 117 Å². The van der Waals surface area contributed by atoms with Crippen LogP contribution in [-0.2, 0) is 9.59 Å². The van der Waals surface area contributed by atoms with Crippen LogP contribution in [-0.4, -0.2) is 21.8 Å². The van der Waals surface area contributed by atoms with Crippen molar-refractivity contribution in [3.63, 3.8) is 0 Å². The highest BCUT2D eigenvalue weighted by molar-refractivity contribution is 6.22. The molecule has 1 aliphatic rings. The van der Waals surface area contributed by atoms with Gasteiger partial charge in [-0.3, -0.25) is 9.59 Å². The van der Waals surface area contributed by atoms with Crippen molar-refractivity contribution >= 4 is 28.8 Å². The Morgan fingerprint density at radius 3 is 2.55 bits per heavy atom. The third kappa shape index (κ3) is 1.66. The quantitative estimate of drug-likeness (QED) is 0.873. The zero-order valence-corrected chi connectivity index (χ0v) is 11.6. The van der Waals surface area contributed by atoms with Crippen molar-refractivity contribution in [2.24, 2.45) is 5.41 Å². The summed E-state index contributed by atoms with van der Waals surface area (Å²) in [5.74, 6) is 0.0364. The van der Waals surface area contributed by atoms with Gasteiger partial charge >= 0.3 is 0 Å².